The number of benzene rings is 1. The summed E-state index contributed by atoms with van der Waals surface area (Å²) >= 11 is 1.62. The fourth-order valence-corrected chi connectivity index (χ4v) is 2.59. The van der Waals surface area contributed by atoms with Gasteiger partial charge < -0.3 is 10.0 Å². The molecule has 0 spiro atoms. The summed E-state index contributed by atoms with van der Waals surface area (Å²) in [6, 6.07) is 10.1. The van der Waals surface area contributed by atoms with Crippen molar-refractivity contribution < 1.29 is 5.11 Å². The molecule has 0 aliphatic carbocycles. The molecule has 0 aliphatic rings. The average molecular weight is 248 g/mol. The van der Waals surface area contributed by atoms with Gasteiger partial charge in [0.05, 0.1) is 12.3 Å². The molecule has 0 radical (unpaired) electrons. The molecule has 4 heteroatoms. The predicted octanol–water partition coefficient (Wildman–Crippen LogP) is 2.63. The summed E-state index contributed by atoms with van der Waals surface area (Å²) < 4.78 is 0. The summed E-state index contributed by atoms with van der Waals surface area (Å²) in [6.07, 6.45) is 0. The van der Waals surface area contributed by atoms with Crippen molar-refractivity contribution in [2.45, 2.75) is 6.92 Å². The molecule has 2 aromatic rings. The molecular formula is C13H16N2OS. The molecule has 1 N–H and O–H groups in total. The molecule has 2 rings (SSSR count). The number of likely N-dealkylation sites (N-methyl/N-ethyl adjacent to an activating group) is 1. The molecule has 0 fully saturated rings. The van der Waals surface area contributed by atoms with Crippen molar-refractivity contribution in [2.75, 3.05) is 24.6 Å². The van der Waals surface area contributed by atoms with Crippen LogP contribution in [0.25, 0.3) is 11.3 Å². The second kappa shape index (κ2) is 5.80. The molecule has 1 heterocycles. The summed E-state index contributed by atoms with van der Waals surface area (Å²) in [5.74, 6) is 0. The van der Waals surface area contributed by atoms with E-state index in [1.54, 1.807) is 11.3 Å². The smallest absolute Gasteiger partial charge is 0.185 e. The summed E-state index contributed by atoms with van der Waals surface area (Å²) in [5.41, 5.74) is 2.14. The van der Waals surface area contributed by atoms with Crippen LogP contribution in [-0.4, -0.2) is 29.8 Å². The van der Waals surface area contributed by atoms with Crippen molar-refractivity contribution in [3.8, 4) is 11.3 Å². The van der Waals surface area contributed by atoms with E-state index >= 15 is 0 Å². The Balaban J connectivity index is 2.21. The van der Waals surface area contributed by atoms with Crippen LogP contribution in [0, 0.1) is 0 Å². The van der Waals surface area contributed by atoms with Gasteiger partial charge in [-0.2, -0.15) is 0 Å². The third-order valence-corrected chi connectivity index (χ3v) is 3.49. The van der Waals surface area contributed by atoms with Crippen LogP contribution in [0.15, 0.2) is 35.7 Å². The largest absolute Gasteiger partial charge is 0.395 e. The highest BCUT2D eigenvalue weighted by Gasteiger charge is 2.09. The Morgan fingerprint density at radius 2 is 2.06 bits per heavy atom. The standard InChI is InChI=1S/C13H16N2OS/c1-2-15(8-9-16)13-14-12(10-17-13)11-6-4-3-5-7-11/h3-7,10,16H,2,8-9H2,1H3. The normalized spacial score (nSPS) is 10.5. The Morgan fingerprint density at radius 3 is 2.71 bits per heavy atom. The van der Waals surface area contributed by atoms with E-state index in [0.717, 1.165) is 22.9 Å². The second-order valence-electron chi connectivity index (χ2n) is 3.68. The molecule has 0 amide bonds. The van der Waals surface area contributed by atoms with Crippen molar-refractivity contribution in [3.05, 3.63) is 35.7 Å². The number of thiazole rings is 1. The highest BCUT2D eigenvalue weighted by atomic mass is 32.1. The lowest BCUT2D eigenvalue weighted by molar-refractivity contribution is 0.302. The first-order chi connectivity index (χ1) is 8.35. The van der Waals surface area contributed by atoms with Crippen LogP contribution in [0.5, 0.6) is 0 Å². The van der Waals surface area contributed by atoms with Gasteiger partial charge >= 0.3 is 0 Å². The number of aliphatic hydroxyl groups excluding tert-OH is 1. The molecule has 1 aromatic heterocycles. The summed E-state index contributed by atoms with van der Waals surface area (Å²) in [7, 11) is 0. The number of anilines is 1. The van der Waals surface area contributed by atoms with E-state index in [0.29, 0.717) is 6.54 Å². The van der Waals surface area contributed by atoms with Gasteiger partial charge in [-0.1, -0.05) is 30.3 Å². The lowest BCUT2D eigenvalue weighted by Gasteiger charge is -2.17. The van der Waals surface area contributed by atoms with Gasteiger partial charge in [-0.25, -0.2) is 4.98 Å². The van der Waals surface area contributed by atoms with Gasteiger partial charge in [-0.05, 0) is 6.92 Å². The van der Waals surface area contributed by atoms with Crippen molar-refractivity contribution in [2.24, 2.45) is 0 Å². The Morgan fingerprint density at radius 1 is 1.29 bits per heavy atom. The van der Waals surface area contributed by atoms with Gasteiger partial charge in [0.15, 0.2) is 5.13 Å². The van der Waals surface area contributed by atoms with Gasteiger partial charge in [0.1, 0.15) is 0 Å². The molecule has 1 aromatic carbocycles. The minimum Gasteiger partial charge on any atom is -0.395 e. The third kappa shape index (κ3) is 2.84. The second-order valence-corrected chi connectivity index (χ2v) is 4.52. The van der Waals surface area contributed by atoms with Crippen LogP contribution in [0.1, 0.15) is 6.92 Å². The molecule has 0 unspecified atom stereocenters. The molecule has 17 heavy (non-hydrogen) atoms. The molecule has 0 saturated carbocycles. The molecule has 0 atom stereocenters. The average Bonchev–Trinajstić information content (AvgIpc) is 2.86. The van der Waals surface area contributed by atoms with Gasteiger partial charge in [-0.3, -0.25) is 0 Å². The maximum atomic E-state index is 8.99. The maximum Gasteiger partial charge on any atom is 0.185 e. The summed E-state index contributed by atoms with van der Waals surface area (Å²) in [5, 5.41) is 12.0. The van der Waals surface area contributed by atoms with E-state index < -0.39 is 0 Å². The van der Waals surface area contributed by atoms with Crippen LogP contribution in [0.3, 0.4) is 0 Å². The van der Waals surface area contributed by atoms with Gasteiger partial charge in [0.2, 0.25) is 0 Å². The Kier molecular flexibility index (Phi) is 4.12. The first-order valence-corrected chi connectivity index (χ1v) is 6.60. The molecule has 0 aliphatic heterocycles. The monoisotopic (exact) mass is 248 g/mol. The number of hydrogen-bond donors (Lipinski definition) is 1. The van der Waals surface area contributed by atoms with Crippen molar-refractivity contribution >= 4 is 16.5 Å². The molecule has 90 valence electrons. The first kappa shape index (κ1) is 12.1. The van der Waals surface area contributed by atoms with E-state index in [4.69, 9.17) is 5.11 Å². The third-order valence-electron chi connectivity index (χ3n) is 2.58. The molecular weight excluding hydrogens is 232 g/mol. The SMILES string of the molecule is CCN(CCO)c1nc(-c2ccccc2)cs1. The number of rotatable bonds is 5. The van der Waals surface area contributed by atoms with Gasteiger partial charge in [-0.15, -0.1) is 11.3 Å². The first-order valence-electron chi connectivity index (χ1n) is 5.72. The predicted molar refractivity (Wildman–Crippen MR) is 72.5 cm³/mol. The Bertz CT molecular complexity index is 455. The Hall–Kier alpha value is -1.39. The fourth-order valence-electron chi connectivity index (χ4n) is 1.66. The van der Waals surface area contributed by atoms with Crippen LogP contribution < -0.4 is 4.90 Å². The highest BCUT2D eigenvalue weighted by Crippen LogP contribution is 2.26. The lowest BCUT2D eigenvalue weighted by atomic mass is 10.2. The lowest BCUT2D eigenvalue weighted by Crippen LogP contribution is -2.25. The minimum absolute atomic E-state index is 0.161. The van der Waals surface area contributed by atoms with Crippen LogP contribution in [0.2, 0.25) is 0 Å². The van der Waals surface area contributed by atoms with Crippen molar-refractivity contribution in [3.63, 3.8) is 0 Å². The summed E-state index contributed by atoms with van der Waals surface area (Å²) in [4.78, 5) is 6.68. The van der Waals surface area contributed by atoms with E-state index in [1.807, 2.05) is 18.2 Å². The quantitative estimate of drug-likeness (QED) is 0.883. The number of hydrogen-bond acceptors (Lipinski definition) is 4. The van der Waals surface area contributed by atoms with Gasteiger partial charge in [0, 0.05) is 24.0 Å². The van der Waals surface area contributed by atoms with E-state index in [1.165, 1.54) is 0 Å². The molecule has 3 nitrogen and oxygen atoms in total. The highest BCUT2D eigenvalue weighted by molar-refractivity contribution is 7.14. The van der Waals surface area contributed by atoms with Crippen molar-refractivity contribution in [1.29, 1.82) is 0 Å². The van der Waals surface area contributed by atoms with E-state index in [-0.39, 0.29) is 6.61 Å². The zero-order valence-corrected chi connectivity index (χ0v) is 10.7. The molecule has 0 saturated heterocycles. The maximum absolute atomic E-state index is 8.99. The topological polar surface area (TPSA) is 36.4 Å². The number of aliphatic hydroxyl groups is 1. The molecule has 0 bridgehead atoms. The van der Waals surface area contributed by atoms with E-state index in [2.05, 4.69) is 34.3 Å². The zero-order chi connectivity index (χ0) is 12.1. The summed E-state index contributed by atoms with van der Waals surface area (Å²) in [6.45, 7) is 3.73. The minimum atomic E-state index is 0.161. The van der Waals surface area contributed by atoms with Gasteiger partial charge in [0.25, 0.3) is 0 Å². The van der Waals surface area contributed by atoms with Crippen LogP contribution in [-0.2, 0) is 0 Å². The number of aromatic nitrogens is 1. The fraction of sp³-hybridized carbons (Fsp3) is 0.308. The van der Waals surface area contributed by atoms with E-state index in [9.17, 15) is 0 Å². The van der Waals surface area contributed by atoms with Crippen LogP contribution >= 0.6 is 11.3 Å². The Labute approximate surface area is 105 Å². The van der Waals surface area contributed by atoms with Crippen LogP contribution in [0.4, 0.5) is 5.13 Å². The number of nitrogens with zero attached hydrogens (tertiary/aromatic N) is 2. The van der Waals surface area contributed by atoms with Crippen molar-refractivity contribution in [1.82, 2.24) is 4.98 Å². The zero-order valence-electron chi connectivity index (χ0n) is 9.84.